The third-order valence-electron chi connectivity index (χ3n) is 2.36. The van der Waals surface area contributed by atoms with Crippen LogP contribution in [0.4, 0.5) is 0 Å². The van der Waals surface area contributed by atoms with E-state index in [1.165, 1.54) is 6.92 Å². The van der Waals surface area contributed by atoms with Crippen LogP contribution in [0.1, 0.15) is 35.6 Å². The number of hydrogen-bond acceptors (Lipinski definition) is 5. The zero-order valence-electron chi connectivity index (χ0n) is 10.3. The van der Waals surface area contributed by atoms with Crippen molar-refractivity contribution < 1.29 is 17.9 Å². The second-order valence-electron chi connectivity index (χ2n) is 3.51. The van der Waals surface area contributed by atoms with Gasteiger partial charge in [0.15, 0.2) is 0 Å². The number of nitrogens with zero attached hydrogens (tertiary/aromatic N) is 2. The molecule has 1 heterocycles. The van der Waals surface area contributed by atoms with Crippen LogP contribution in [-0.2, 0) is 14.8 Å². The Morgan fingerprint density at radius 2 is 1.94 bits per heavy atom. The van der Waals surface area contributed by atoms with Gasteiger partial charge < -0.3 is 4.74 Å². The van der Waals surface area contributed by atoms with E-state index in [1.54, 1.807) is 20.8 Å². The molecule has 17 heavy (non-hydrogen) atoms. The number of carbonyl (C=O) groups excluding carboxylic acids is 1. The van der Waals surface area contributed by atoms with Gasteiger partial charge in [0.1, 0.15) is 5.56 Å². The summed E-state index contributed by atoms with van der Waals surface area (Å²) in [5.41, 5.74) is 0.879. The molecule has 1 rings (SSSR count). The smallest absolute Gasteiger partial charge is 0.341 e. The first-order valence-electron chi connectivity index (χ1n) is 5.31. The molecular weight excluding hydrogens is 244 g/mol. The summed E-state index contributed by atoms with van der Waals surface area (Å²) in [6, 6.07) is 0. The first-order valence-corrected chi connectivity index (χ1v) is 6.92. The third kappa shape index (κ3) is 2.49. The van der Waals surface area contributed by atoms with Gasteiger partial charge in [-0.3, -0.25) is 0 Å². The number of aromatic nitrogens is 2. The summed E-state index contributed by atoms with van der Waals surface area (Å²) in [5.74, 6) is -0.614. The predicted octanol–water partition coefficient (Wildman–Crippen LogP) is 0.874. The molecule has 0 amide bonds. The first kappa shape index (κ1) is 13.7. The monoisotopic (exact) mass is 260 g/mol. The van der Waals surface area contributed by atoms with Crippen LogP contribution >= 0.6 is 0 Å². The molecule has 1 aromatic heterocycles. The summed E-state index contributed by atoms with van der Waals surface area (Å²) in [5, 5.41) is 3.88. The van der Waals surface area contributed by atoms with Crippen molar-refractivity contribution in [1.29, 1.82) is 0 Å². The molecule has 0 radical (unpaired) electrons. The summed E-state index contributed by atoms with van der Waals surface area (Å²) in [6.45, 7) is 6.58. The fourth-order valence-electron chi connectivity index (χ4n) is 1.51. The molecule has 0 aliphatic carbocycles. The molecule has 0 saturated carbocycles. The number of hydrogen-bond donors (Lipinski definition) is 0. The maximum atomic E-state index is 11.7. The Bertz CT molecular complexity index is 531. The third-order valence-corrected chi connectivity index (χ3v) is 3.97. The van der Waals surface area contributed by atoms with E-state index in [0.29, 0.717) is 11.4 Å². The highest BCUT2D eigenvalue weighted by Crippen LogP contribution is 2.16. The quantitative estimate of drug-likeness (QED) is 0.751. The number of aryl methyl sites for hydroxylation is 1. The summed E-state index contributed by atoms with van der Waals surface area (Å²) in [7, 11) is -3.48. The minimum absolute atomic E-state index is 0.0722. The van der Waals surface area contributed by atoms with Crippen LogP contribution < -0.4 is 0 Å². The topological polar surface area (TPSA) is 78.3 Å². The van der Waals surface area contributed by atoms with Crippen molar-refractivity contribution >= 4 is 16.0 Å². The fourth-order valence-corrected chi connectivity index (χ4v) is 2.51. The maximum absolute atomic E-state index is 11.7. The standard InChI is InChI=1S/C10H16N2O4S/c1-5-16-10(13)9-7(3)11-12(8(9)4)17(14,15)6-2/h5-6H2,1-4H3. The fraction of sp³-hybridized carbons (Fsp3) is 0.600. The van der Waals surface area contributed by atoms with Crippen molar-refractivity contribution in [1.82, 2.24) is 9.19 Å². The average Bonchev–Trinajstić information content (AvgIpc) is 2.55. The number of ether oxygens (including phenoxy) is 1. The highest BCUT2D eigenvalue weighted by molar-refractivity contribution is 7.89. The molecule has 0 fully saturated rings. The van der Waals surface area contributed by atoms with E-state index in [1.807, 2.05) is 0 Å². The Morgan fingerprint density at radius 1 is 1.35 bits per heavy atom. The lowest BCUT2D eigenvalue weighted by Gasteiger charge is -2.04. The van der Waals surface area contributed by atoms with Gasteiger partial charge in [-0.2, -0.15) is 9.19 Å². The van der Waals surface area contributed by atoms with Crippen LogP contribution in [0, 0.1) is 13.8 Å². The van der Waals surface area contributed by atoms with Crippen molar-refractivity contribution in [2.75, 3.05) is 12.4 Å². The Hall–Kier alpha value is -1.37. The average molecular weight is 260 g/mol. The van der Waals surface area contributed by atoms with E-state index in [2.05, 4.69) is 5.10 Å². The molecule has 0 bridgehead atoms. The Kier molecular flexibility index (Phi) is 3.92. The molecule has 0 atom stereocenters. The number of carbonyl (C=O) groups is 1. The summed E-state index contributed by atoms with van der Waals surface area (Å²) in [6.07, 6.45) is 0. The molecular formula is C10H16N2O4S. The van der Waals surface area contributed by atoms with Gasteiger partial charge in [0.05, 0.1) is 23.7 Å². The largest absolute Gasteiger partial charge is 0.462 e. The minimum Gasteiger partial charge on any atom is -0.462 e. The van der Waals surface area contributed by atoms with E-state index >= 15 is 0 Å². The first-order chi connectivity index (χ1) is 7.85. The second-order valence-corrected chi connectivity index (χ2v) is 5.60. The lowest BCUT2D eigenvalue weighted by atomic mass is 10.2. The molecule has 0 aromatic carbocycles. The van der Waals surface area contributed by atoms with E-state index in [9.17, 15) is 13.2 Å². The molecule has 7 heteroatoms. The predicted molar refractivity (Wildman–Crippen MR) is 62.5 cm³/mol. The van der Waals surface area contributed by atoms with Crippen LogP contribution in [0.2, 0.25) is 0 Å². The summed E-state index contributed by atoms with van der Waals surface area (Å²) in [4.78, 5) is 11.6. The molecule has 1 aromatic rings. The molecule has 0 saturated heterocycles. The van der Waals surface area contributed by atoms with Crippen molar-refractivity contribution in [3.8, 4) is 0 Å². The summed E-state index contributed by atoms with van der Waals surface area (Å²) < 4.78 is 29.2. The molecule has 96 valence electrons. The normalized spacial score (nSPS) is 11.5. The van der Waals surface area contributed by atoms with Crippen LogP contribution in [0.3, 0.4) is 0 Å². The molecule has 0 aliphatic rings. The molecule has 0 spiro atoms. The van der Waals surface area contributed by atoms with E-state index in [-0.39, 0.29) is 17.9 Å². The van der Waals surface area contributed by atoms with Gasteiger partial charge in [-0.1, -0.05) is 0 Å². The van der Waals surface area contributed by atoms with Gasteiger partial charge in [-0.05, 0) is 27.7 Å². The zero-order chi connectivity index (χ0) is 13.2. The zero-order valence-corrected chi connectivity index (χ0v) is 11.2. The summed E-state index contributed by atoms with van der Waals surface area (Å²) >= 11 is 0. The number of rotatable bonds is 4. The Morgan fingerprint density at radius 3 is 2.41 bits per heavy atom. The van der Waals surface area contributed by atoms with Gasteiger partial charge in [0.2, 0.25) is 0 Å². The van der Waals surface area contributed by atoms with Gasteiger partial charge in [-0.25, -0.2) is 13.2 Å². The molecule has 0 N–H and O–H groups in total. The van der Waals surface area contributed by atoms with Gasteiger partial charge in [0.25, 0.3) is 10.0 Å². The SMILES string of the molecule is CCOC(=O)c1c(C)nn(S(=O)(=O)CC)c1C. The van der Waals surface area contributed by atoms with Crippen LogP contribution in [-0.4, -0.2) is 35.9 Å². The van der Waals surface area contributed by atoms with Gasteiger partial charge >= 0.3 is 5.97 Å². The van der Waals surface area contributed by atoms with E-state index in [0.717, 1.165) is 4.09 Å². The van der Waals surface area contributed by atoms with Crippen LogP contribution in [0.5, 0.6) is 0 Å². The molecule has 0 aliphatic heterocycles. The minimum atomic E-state index is -3.48. The van der Waals surface area contributed by atoms with Crippen molar-refractivity contribution in [2.45, 2.75) is 27.7 Å². The highest BCUT2D eigenvalue weighted by Gasteiger charge is 2.24. The second kappa shape index (κ2) is 4.87. The maximum Gasteiger partial charge on any atom is 0.341 e. The molecule has 0 unspecified atom stereocenters. The van der Waals surface area contributed by atoms with Crippen LogP contribution in [0.25, 0.3) is 0 Å². The molecule has 6 nitrogen and oxygen atoms in total. The van der Waals surface area contributed by atoms with Gasteiger partial charge in [0, 0.05) is 0 Å². The lowest BCUT2D eigenvalue weighted by molar-refractivity contribution is 0.0524. The highest BCUT2D eigenvalue weighted by atomic mass is 32.2. The number of esters is 1. The lowest BCUT2D eigenvalue weighted by Crippen LogP contribution is -2.18. The van der Waals surface area contributed by atoms with Crippen molar-refractivity contribution in [3.63, 3.8) is 0 Å². The van der Waals surface area contributed by atoms with Crippen molar-refractivity contribution in [3.05, 3.63) is 17.0 Å². The Balaban J connectivity index is 3.34. The van der Waals surface area contributed by atoms with Gasteiger partial charge in [-0.15, -0.1) is 0 Å². The van der Waals surface area contributed by atoms with Crippen molar-refractivity contribution in [2.24, 2.45) is 0 Å². The van der Waals surface area contributed by atoms with E-state index < -0.39 is 16.0 Å². The van der Waals surface area contributed by atoms with Crippen LogP contribution in [0.15, 0.2) is 0 Å². The van der Waals surface area contributed by atoms with E-state index in [4.69, 9.17) is 4.74 Å². The Labute approximate surface area is 101 Å².